The first-order chi connectivity index (χ1) is 11.1. The van der Waals surface area contributed by atoms with Gasteiger partial charge in [0.15, 0.2) is 0 Å². The smallest absolute Gasteiger partial charge is 0.248 e. The second-order valence-electron chi connectivity index (χ2n) is 5.99. The Balaban J connectivity index is 1.82. The van der Waals surface area contributed by atoms with E-state index in [0.29, 0.717) is 30.4 Å². The third-order valence-corrected chi connectivity index (χ3v) is 4.39. The Bertz CT molecular complexity index is 528. The molecule has 0 saturated carbocycles. The summed E-state index contributed by atoms with van der Waals surface area (Å²) in [6, 6.07) is 7.03. The Hall–Kier alpha value is -2.04. The van der Waals surface area contributed by atoms with Crippen LogP contribution < -0.4 is 10.5 Å². The number of carbonyl (C=O) groups excluding carboxylic acids is 2. The molecular weight excluding hydrogens is 292 g/mol. The minimum Gasteiger partial charge on any atom is -0.493 e. The Kier molecular flexibility index (Phi) is 6.44. The second-order valence-corrected chi connectivity index (χ2v) is 5.99. The summed E-state index contributed by atoms with van der Waals surface area (Å²) in [6.45, 7) is 3.36. The van der Waals surface area contributed by atoms with E-state index in [-0.39, 0.29) is 5.91 Å². The van der Waals surface area contributed by atoms with Crippen molar-refractivity contribution in [3.8, 4) is 5.75 Å². The van der Waals surface area contributed by atoms with Gasteiger partial charge in [-0.3, -0.25) is 9.59 Å². The molecule has 0 bridgehead atoms. The lowest BCUT2D eigenvalue weighted by molar-refractivity contribution is -0.134. The van der Waals surface area contributed by atoms with Crippen molar-refractivity contribution in [3.05, 3.63) is 29.8 Å². The average molecular weight is 318 g/mol. The molecule has 2 amide bonds. The first-order valence-corrected chi connectivity index (χ1v) is 8.44. The van der Waals surface area contributed by atoms with Gasteiger partial charge in [0.2, 0.25) is 11.8 Å². The molecule has 0 aliphatic carbocycles. The fourth-order valence-electron chi connectivity index (χ4n) is 3.05. The minimum atomic E-state index is -0.460. The minimum absolute atomic E-state index is 0.174. The summed E-state index contributed by atoms with van der Waals surface area (Å²) in [5, 5.41) is 0. The number of carbonyl (C=O) groups is 2. The summed E-state index contributed by atoms with van der Waals surface area (Å²) in [6.07, 6.45) is 6.03. The monoisotopic (exact) mass is 318 g/mol. The molecule has 1 atom stereocenters. The van der Waals surface area contributed by atoms with Crippen LogP contribution in [-0.2, 0) is 4.79 Å². The van der Waals surface area contributed by atoms with Crippen molar-refractivity contribution in [1.29, 1.82) is 0 Å². The van der Waals surface area contributed by atoms with Crippen LogP contribution in [0.15, 0.2) is 24.3 Å². The standard InChI is InChI=1S/C18H26N2O3/c1-2-15-6-4-3-5-12-20(15)17(21)11-13-23-16-9-7-14(8-10-16)18(19)22/h7-10,15H,2-6,11-13H2,1H3,(H2,19,22). The second kappa shape index (κ2) is 8.56. The highest BCUT2D eigenvalue weighted by Gasteiger charge is 2.23. The van der Waals surface area contributed by atoms with Crippen molar-refractivity contribution in [1.82, 2.24) is 4.90 Å². The van der Waals surface area contributed by atoms with Crippen molar-refractivity contribution < 1.29 is 14.3 Å². The molecule has 2 rings (SSSR count). The van der Waals surface area contributed by atoms with E-state index >= 15 is 0 Å². The number of rotatable bonds is 6. The number of amides is 2. The Morgan fingerprint density at radius 2 is 1.96 bits per heavy atom. The topological polar surface area (TPSA) is 72.6 Å². The van der Waals surface area contributed by atoms with Gasteiger partial charge in [0, 0.05) is 18.2 Å². The van der Waals surface area contributed by atoms with E-state index in [1.54, 1.807) is 24.3 Å². The molecule has 23 heavy (non-hydrogen) atoms. The molecule has 1 aliphatic rings. The van der Waals surface area contributed by atoms with Crippen molar-refractivity contribution in [2.24, 2.45) is 5.73 Å². The van der Waals surface area contributed by atoms with E-state index < -0.39 is 5.91 Å². The average Bonchev–Trinajstić information content (AvgIpc) is 2.80. The van der Waals surface area contributed by atoms with E-state index in [4.69, 9.17) is 10.5 Å². The number of hydrogen-bond donors (Lipinski definition) is 1. The summed E-state index contributed by atoms with van der Waals surface area (Å²) in [5.74, 6) is 0.358. The van der Waals surface area contributed by atoms with Gasteiger partial charge in [-0.2, -0.15) is 0 Å². The first-order valence-electron chi connectivity index (χ1n) is 8.44. The Morgan fingerprint density at radius 1 is 1.22 bits per heavy atom. The quantitative estimate of drug-likeness (QED) is 0.876. The summed E-state index contributed by atoms with van der Waals surface area (Å²) in [7, 11) is 0. The largest absolute Gasteiger partial charge is 0.493 e. The van der Waals surface area contributed by atoms with Crippen molar-refractivity contribution in [3.63, 3.8) is 0 Å². The molecule has 0 radical (unpaired) electrons. The van der Waals surface area contributed by atoms with Gasteiger partial charge in [-0.25, -0.2) is 0 Å². The zero-order valence-electron chi connectivity index (χ0n) is 13.8. The molecule has 1 fully saturated rings. The highest BCUT2D eigenvalue weighted by atomic mass is 16.5. The van der Waals surface area contributed by atoms with Crippen LogP contribution in [-0.4, -0.2) is 35.9 Å². The van der Waals surface area contributed by atoms with Gasteiger partial charge in [0.05, 0.1) is 13.0 Å². The van der Waals surface area contributed by atoms with Crippen LogP contribution in [0.4, 0.5) is 0 Å². The van der Waals surface area contributed by atoms with Crippen molar-refractivity contribution >= 4 is 11.8 Å². The highest BCUT2D eigenvalue weighted by Crippen LogP contribution is 2.20. The third-order valence-electron chi connectivity index (χ3n) is 4.39. The van der Waals surface area contributed by atoms with Gasteiger partial charge >= 0.3 is 0 Å². The van der Waals surface area contributed by atoms with Crippen LogP contribution in [0, 0.1) is 0 Å². The first kappa shape index (κ1) is 17.3. The number of likely N-dealkylation sites (tertiary alicyclic amines) is 1. The molecule has 1 aromatic carbocycles. The van der Waals surface area contributed by atoms with Gasteiger partial charge < -0.3 is 15.4 Å². The van der Waals surface area contributed by atoms with E-state index in [2.05, 4.69) is 6.92 Å². The molecule has 5 heteroatoms. The maximum absolute atomic E-state index is 12.4. The number of nitrogens with two attached hydrogens (primary N) is 1. The summed E-state index contributed by atoms with van der Waals surface area (Å²) in [5.41, 5.74) is 5.64. The lowest BCUT2D eigenvalue weighted by Gasteiger charge is -2.29. The molecule has 1 heterocycles. The van der Waals surface area contributed by atoms with E-state index in [0.717, 1.165) is 25.8 Å². The molecule has 5 nitrogen and oxygen atoms in total. The molecule has 1 saturated heterocycles. The van der Waals surface area contributed by atoms with Crippen LogP contribution in [0.1, 0.15) is 55.8 Å². The molecule has 126 valence electrons. The van der Waals surface area contributed by atoms with Crippen LogP contribution >= 0.6 is 0 Å². The van der Waals surface area contributed by atoms with Crippen molar-refractivity contribution in [2.45, 2.75) is 51.5 Å². The zero-order valence-corrected chi connectivity index (χ0v) is 13.8. The van der Waals surface area contributed by atoms with Crippen LogP contribution in [0.25, 0.3) is 0 Å². The van der Waals surface area contributed by atoms with Gasteiger partial charge in [-0.1, -0.05) is 19.8 Å². The fraction of sp³-hybridized carbons (Fsp3) is 0.556. The van der Waals surface area contributed by atoms with Gasteiger partial charge in [-0.05, 0) is 43.5 Å². The maximum atomic E-state index is 12.4. The zero-order chi connectivity index (χ0) is 16.7. The van der Waals surface area contributed by atoms with Gasteiger partial charge in [0.25, 0.3) is 0 Å². The fourth-order valence-corrected chi connectivity index (χ4v) is 3.05. The van der Waals surface area contributed by atoms with Crippen LogP contribution in [0.3, 0.4) is 0 Å². The van der Waals surface area contributed by atoms with Crippen LogP contribution in [0.5, 0.6) is 5.75 Å². The number of nitrogens with zero attached hydrogens (tertiary/aromatic N) is 1. The number of hydrogen-bond acceptors (Lipinski definition) is 3. The molecule has 2 N–H and O–H groups in total. The maximum Gasteiger partial charge on any atom is 0.248 e. The highest BCUT2D eigenvalue weighted by molar-refractivity contribution is 5.92. The number of primary amides is 1. The molecule has 0 spiro atoms. The Labute approximate surface area is 137 Å². The van der Waals surface area contributed by atoms with Gasteiger partial charge in [0.1, 0.15) is 5.75 Å². The molecule has 1 unspecified atom stereocenters. The SMILES string of the molecule is CCC1CCCCCN1C(=O)CCOc1ccc(C(N)=O)cc1. The molecule has 1 aromatic rings. The van der Waals surface area contributed by atoms with E-state index in [1.165, 1.54) is 12.8 Å². The number of benzene rings is 1. The predicted molar refractivity (Wildman–Crippen MR) is 89.3 cm³/mol. The molecule has 1 aliphatic heterocycles. The van der Waals surface area contributed by atoms with E-state index in [1.807, 2.05) is 4.90 Å². The molecule has 0 aromatic heterocycles. The molecular formula is C18H26N2O3. The normalized spacial score (nSPS) is 18.3. The Morgan fingerprint density at radius 3 is 2.61 bits per heavy atom. The van der Waals surface area contributed by atoms with Crippen LogP contribution in [0.2, 0.25) is 0 Å². The van der Waals surface area contributed by atoms with Crippen molar-refractivity contribution in [2.75, 3.05) is 13.2 Å². The number of ether oxygens (including phenoxy) is 1. The predicted octanol–water partition coefficient (Wildman–Crippen LogP) is 2.74. The third kappa shape index (κ3) is 4.98. The van der Waals surface area contributed by atoms with Gasteiger partial charge in [-0.15, -0.1) is 0 Å². The summed E-state index contributed by atoms with van der Waals surface area (Å²) >= 11 is 0. The lowest BCUT2D eigenvalue weighted by atomic mass is 10.1. The lowest BCUT2D eigenvalue weighted by Crippen LogP contribution is -2.40. The summed E-state index contributed by atoms with van der Waals surface area (Å²) < 4.78 is 5.60. The summed E-state index contributed by atoms with van der Waals surface area (Å²) in [4.78, 5) is 25.5. The van der Waals surface area contributed by atoms with E-state index in [9.17, 15) is 9.59 Å².